The van der Waals surface area contributed by atoms with Gasteiger partial charge in [-0.1, -0.05) is 61.0 Å². The van der Waals surface area contributed by atoms with Gasteiger partial charge in [-0.25, -0.2) is 0 Å². The maximum absolute atomic E-state index is 13.3. The minimum atomic E-state index is 0.157. The number of methoxy groups -OCH3 is 1. The Morgan fingerprint density at radius 3 is 2.54 bits per heavy atom. The Balaban J connectivity index is 1.32. The Labute approximate surface area is 206 Å². The van der Waals surface area contributed by atoms with Gasteiger partial charge in [0.2, 0.25) is 5.91 Å². The highest BCUT2D eigenvalue weighted by molar-refractivity contribution is 5.83. The first-order valence-corrected chi connectivity index (χ1v) is 12.4. The van der Waals surface area contributed by atoms with Crippen molar-refractivity contribution in [3.63, 3.8) is 0 Å². The number of nitrogens with zero attached hydrogens (tertiary/aromatic N) is 1. The molecule has 1 aliphatic rings. The van der Waals surface area contributed by atoms with Gasteiger partial charge in [-0.15, -0.1) is 0 Å². The number of ether oxygens (including phenoxy) is 2. The van der Waals surface area contributed by atoms with Crippen LogP contribution in [0.3, 0.4) is 0 Å². The van der Waals surface area contributed by atoms with Gasteiger partial charge in [0.05, 0.1) is 7.11 Å². The minimum Gasteiger partial charge on any atom is -0.493 e. The van der Waals surface area contributed by atoms with E-state index in [1.165, 1.54) is 10.9 Å². The molecule has 1 saturated carbocycles. The number of aromatic nitrogens is 1. The van der Waals surface area contributed by atoms with E-state index in [1.54, 1.807) is 7.11 Å². The van der Waals surface area contributed by atoms with Crippen LogP contribution in [0.1, 0.15) is 36.0 Å². The van der Waals surface area contributed by atoms with Gasteiger partial charge in [0, 0.05) is 36.1 Å². The van der Waals surface area contributed by atoms with Crippen molar-refractivity contribution in [1.82, 2.24) is 9.88 Å². The van der Waals surface area contributed by atoms with E-state index in [1.807, 2.05) is 59.5 Å². The lowest BCUT2D eigenvalue weighted by molar-refractivity contribution is -0.138. The van der Waals surface area contributed by atoms with E-state index in [-0.39, 0.29) is 11.8 Å². The summed E-state index contributed by atoms with van der Waals surface area (Å²) in [6.45, 7) is 1.71. The van der Waals surface area contributed by atoms with Gasteiger partial charge in [-0.3, -0.25) is 4.79 Å². The molecular formula is C30H32N2O3. The monoisotopic (exact) mass is 468 g/mol. The predicted octanol–water partition coefficient (Wildman–Crippen LogP) is 6.13. The number of rotatable bonds is 10. The molecule has 35 heavy (non-hydrogen) atoms. The molecule has 180 valence electrons. The Morgan fingerprint density at radius 2 is 1.77 bits per heavy atom. The summed E-state index contributed by atoms with van der Waals surface area (Å²) in [5.41, 5.74) is 4.52. The summed E-state index contributed by atoms with van der Waals surface area (Å²) in [6, 6.07) is 24.4. The molecule has 0 radical (unpaired) electrons. The van der Waals surface area contributed by atoms with E-state index in [0.717, 1.165) is 42.3 Å². The summed E-state index contributed by atoms with van der Waals surface area (Å²) in [7, 11) is 1.65. The van der Waals surface area contributed by atoms with Crippen LogP contribution in [0.4, 0.5) is 0 Å². The largest absolute Gasteiger partial charge is 0.493 e. The summed E-state index contributed by atoms with van der Waals surface area (Å²) in [5.74, 6) is 1.81. The van der Waals surface area contributed by atoms with Crippen LogP contribution >= 0.6 is 0 Å². The summed E-state index contributed by atoms with van der Waals surface area (Å²) in [5, 5.41) is 1.23. The number of hydrogen-bond acceptors (Lipinski definition) is 3. The number of para-hydroxylation sites is 1. The average Bonchev–Trinajstić information content (AvgIpc) is 3.28. The SMILES string of the molecule is COc1ccc(CN(CCc2c[nH]c3ccccc23)C(=O)C2CCC2)cc1OCc1ccccc1. The van der Waals surface area contributed by atoms with Crippen molar-refractivity contribution in [2.24, 2.45) is 5.92 Å². The Hall–Kier alpha value is -3.73. The molecule has 0 atom stereocenters. The number of amides is 1. The van der Waals surface area contributed by atoms with Crippen molar-refractivity contribution in [2.45, 2.75) is 38.8 Å². The van der Waals surface area contributed by atoms with Crippen LogP contribution in [0.2, 0.25) is 0 Å². The number of aromatic amines is 1. The number of H-pyrrole nitrogens is 1. The lowest BCUT2D eigenvalue weighted by atomic mass is 9.84. The highest BCUT2D eigenvalue weighted by Crippen LogP contribution is 2.32. The molecule has 5 heteroatoms. The summed E-state index contributed by atoms with van der Waals surface area (Å²) in [4.78, 5) is 18.7. The molecule has 1 N–H and O–H groups in total. The second kappa shape index (κ2) is 10.7. The van der Waals surface area contributed by atoms with Gasteiger partial charge in [-0.05, 0) is 54.2 Å². The van der Waals surface area contributed by atoms with E-state index in [2.05, 4.69) is 29.4 Å². The second-order valence-corrected chi connectivity index (χ2v) is 9.26. The average molecular weight is 469 g/mol. The second-order valence-electron chi connectivity index (χ2n) is 9.26. The van der Waals surface area contributed by atoms with Gasteiger partial charge in [0.1, 0.15) is 6.61 Å². The van der Waals surface area contributed by atoms with Crippen molar-refractivity contribution in [1.29, 1.82) is 0 Å². The Morgan fingerprint density at radius 1 is 0.971 bits per heavy atom. The smallest absolute Gasteiger partial charge is 0.225 e. The van der Waals surface area contributed by atoms with Crippen LogP contribution in [0, 0.1) is 5.92 Å². The summed E-state index contributed by atoms with van der Waals surface area (Å²) < 4.78 is 11.6. The number of carbonyl (C=O) groups excluding carboxylic acids is 1. The zero-order valence-corrected chi connectivity index (χ0v) is 20.2. The molecule has 0 unspecified atom stereocenters. The van der Waals surface area contributed by atoms with E-state index >= 15 is 0 Å². The molecule has 0 bridgehead atoms. The number of hydrogen-bond donors (Lipinski definition) is 1. The van der Waals surface area contributed by atoms with Crippen LogP contribution in [-0.4, -0.2) is 29.4 Å². The standard InChI is InChI=1S/C30H32N2O3/c1-34-28-15-14-23(18-29(28)35-21-22-8-3-2-4-9-22)20-32(30(33)24-10-7-11-24)17-16-25-19-31-27-13-6-5-12-26(25)27/h2-6,8-9,12-15,18-19,24,31H,7,10-11,16-17,20-21H2,1H3. The lowest BCUT2D eigenvalue weighted by Gasteiger charge is -2.32. The fourth-order valence-electron chi connectivity index (χ4n) is 4.66. The number of carbonyl (C=O) groups is 1. The predicted molar refractivity (Wildman–Crippen MR) is 139 cm³/mol. The topological polar surface area (TPSA) is 54.6 Å². The molecule has 1 fully saturated rings. The normalized spacial score (nSPS) is 13.4. The number of fused-ring (bicyclic) bond motifs is 1. The molecule has 1 aromatic heterocycles. The first-order chi connectivity index (χ1) is 17.2. The van der Waals surface area contributed by atoms with Crippen LogP contribution in [-0.2, 0) is 24.4 Å². The third-order valence-corrected chi connectivity index (χ3v) is 6.93. The molecule has 5 rings (SSSR count). The van der Waals surface area contributed by atoms with E-state index < -0.39 is 0 Å². The van der Waals surface area contributed by atoms with Crippen LogP contribution < -0.4 is 9.47 Å². The third-order valence-electron chi connectivity index (χ3n) is 6.93. The molecule has 1 heterocycles. The third kappa shape index (κ3) is 5.35. The molecule has 0 spiro atoms. The van der Waals surface area contributed by atoms with Gasteiger partial charge in [0.25, 0.3) is 0 Å². The van der Waals surface area contributed by atoms with Crippen LogP contribution in [0.5, 0.6) is 11.5 Å². The number of nitrogens with one attached hydrogen (secondary N) is 1. The van der Waals surface area contributed by atoms with Gasteiger partial charge in [0.15, 0.2) is 11.5 Å². The highest BCUT2D eigenvalue weighted by atomic mass is 16.5. The molecule has 5 nitrogen and oxygen atoms in total. The van der Waals surface area contributed by atoms with E-state index in [0.29, 0.717) is 31.2 Å². The summed E-state index contributed by atoms with van der Waals surface area (Å²) in [6.07, 6.45) is 6.02. The molecule has 1 amide bonds. The zero-order chi connectivity index (χ0) is 24.0. The first kappa shape index (κ1) is 23.0. The van der Waals surface area contributed by atoms with Crippen molar-refractivity contribution >= 4 is 16.8 Å². The van der Waals surface area contributed by atoms with E-state index in [9.17, 15) is 4.79 Å². The molecule has 0 saturated heterocycles. The Bertz CT molecular complexity index is 1280. The zero-order valence-electron chi connectivity index (χ0n) is 20.2. The van der Waals surface area contributed by atoms with E-state index in [4.69, 9.17) is 9.47 Å². The van der Waals surface area contributed by atoms with Crippen LogP contribution in [0.15, 0.2) is 79.0 Å². The molecule has 0 aliphatic heterocycles. The maximum Gasteiger partial charge on any atom is 0.225 e. The van der Waals surface area contributed by atoms with Gasteiger partial charge >= 0.3 is 0 Å². The maximum atomic E-state index is 13.3. The summed E-state index contributed by atoms with van der Waals surface area (Å²) >= 11 is 0. The number of benzene rings is 3. The van der Waals surface area contributed by atoms with Crippen LogP contribution in [0.25, 0.3) is 10.9 Å². The van der Waals surface area contributed by atoms with Crippen molar-refractivity contribution in [3.8, 4) is 11.5 Å². The molecule has 3 aromatic carbocycles. The fraction of sp³-hybridized carbons (Fsp3) is 0.300. The fourth-order valence-corrected chi connectivity index (χ4v) is 4.66. The van der Waals surface area contributed by atoms with Crippen molar-refractivity contribution in [3.05, 3.63) is 95.7 Å². The van der Waals surface area contributed by atoms with Gasteiger partial charge in [-0.2, -0.15) is 0 Å². The molecule has 1 aliphatic carbocycles. The minimum absolute atomic E-state index is 0.157. The Kier molecular flexibility index (Phi) is 7.03. The lowest BCUT2D eigenvalue weighted by Crippen LogP contribution is -2.39. The van der Waals surface area contributed by atoms with Gasteiger partial charge < -0.3 is 19.4 Å². The van der Waals surface area contributed by atoms with Crippen molar-refractivity contribution < 1.29 is 14.3 Å². The highest BCUT2D eigenvalue weighted by Gasteiger charge is 2.29. The first-order valence-electron chi connectivity index (χ1n) is 12.4. The molecule has 4 aromatic rings. The quantitative estimate of drug-likeness (QED) is 0.305. The molecular weight excluding hydrogens is 436 g/mol. The van der Waals surface area contributed by atoms with Crippen molar-refractivity contribution in [2.75, 3.05) is 13.7 Å².